The van der Waals surface area contributed by atoms with Crippen LogP contribution >= 0.6 is 0 Å². The highest BCUT2D eigenvalue weighted by atomic mass is 16.5. The van der Waals surface area contributed by atoms with Crippen LogP contribution in [0.25, 0.3) is 0 Å². The molecule has 0 aromatic heterocycles. The molecular formula is C16H29BO. The van der Waals surface area contributed by atoms with Crippen LogP contribution in [0.5, 0.6) is 0 Å². The predicted octanol–water partition coefficient (Wildman–Crippen LogP) is 4.89. The van der Waals surface area contributed by atoms with Gasteiger partial charge in [-0.05, 0) is 0 Å². The van der Waals surface area contributed by atoms with Crippen molar-refractivity contribution in [2.45, 2.75) is 75.8 Å². The number of methoxy groups -OCH3 is 1. The SMILES string of the molecule is COCC=CB(C1CCCCC1)C1CCCCC1. The minimum Gasteiger partial charge on any atom is -0.381 e. The van der Waals surface area contributed by atoms with Gasteiger partial charge in [0, 0.05) is 7.11 Å². The Morgan fingerprint density at radius 1 is 0.889 bits per heavy atom. The molecule has 0 amide bonds. The van der Waals surface area contributed by atoms with E-state index in [-0.39, 0.29) is 0 Å². The molecule has 0 aromatic rings. The Balaban J connectivity index is 1.95. The number of ether oxygens (including phenoxy) is 1. The van der Waals surface area contributed by atoms with Gasteiger partial charge >= 0.3 is 0 Å². The van der Waals surface area contributed by atoms with E-state index in [0.717, 1.165) is 25.0 Å². The molecule has 0 heterocycles. The second-order valence-corrected chi connectivity index (χ2v) is 6.26. The molecule has 18 heavy (non-hydrogen) atoms. The summed E-state index contributed by atoms with van der Waals surface area (Å²) in [6, 6.07) is 0. The van der Waals surface area contributed by atoms with Gasteiger partial charge in [0.1, 0.15) is 0 Å². The fraction of sp³-hybridized carbons (Fsp3) is 0.875. The summed E-state index contributed by atoms with van der Waals surface area (Å²) in [5.74, 6) is 4.44. The molecule has 2 rings (SSSR count). The fourth-order valence-electron chi connectivity index (χ4n) is 4.05. The summed E-state index contributed by atoms with van der Waals surface area (Å²) in [5.41, 5.74) is 0. The fourth-order valence-corrected chi connectivity index (χ4v) is 4.05. The van der Waals surface area contributed by atoms with Crippen LogP contribution in [0, 0.1) is 0 Å². The molecule has 0 aromatic carbocycles. The highest BCUT2D eigenvalue weighted by Crippen LogP contribution is 2.41. The molecule has 2 fully saturated rings. The first kappa shape index (κ1) is 14.2. The minimum atomic E-state index is 0.788. The van der Waals surface area contributed by atoms with Gasteiger partial charge in [-0.15, -0.1) is 5.98 Å². The van der Waals surface area contributed by atoms with Crippen LogP contribution < -0.4 is 0 Å². The van der Waals surface area contributed by atoms with E-state index >= 15 is 0 Å². The minimum absolute atomic E-state index is 0.788. The van der Waals surface area contributed by atoms with E-state index in [1.165, 1.54) is 64.2 Å². The van der Waals surface area contributed by atoms with Gasteiger partial charge in [-0.2, -0.15) is 0 Å². The van der Waals surface area contributed by atoms with Crippen molar-refractivity contribution in [1.29, 1.82) is 0 Å². The molecule has 0 spiro atoms. The molecule has 0 atom stereocenters. The van der Waals surface area contributed by atoms with Crippen LogP contribution in [0.3, 0.4) is 0 Å². The molecule has 102 valence electrons. The first-order chi connectivity index (χ1) is 8.92. The molecule has 2 saturated carbocycles. The highest BCUT2D eigenvalue weighted by molar-refractivity contribution is 6.67. The lowest BCUT2D eigenvalue weighted by atomic mass is 9.30. The van der Waals surface area contributed by atoms with Gasteiger partial charge < -0.3 is 4.74 Å². The summed E-state index contributed by atoms with van der Waals surface area (Å²) >= 11 is 0. The Labute approximate surface area is 113 Å². The maximum Gasteiger partial charge on any atom is 0.172 e. The van der Waals surface area contributed by atoms with Gasteiger partial charge in [-0.25, -0.2) is 0 Å². The van der Waals surface area contributed by atoms with E-state index in [9.17, 15) is 0 Å². The zero-order valence-electron chi connectivity index (χ0n) is 12.1. The smallest absolute Gasteiger partial charge is 0.172 e. The summed E-state index contributed by atoms with van der Waals surface area (Å²) in [6.45, 7) is 1.64. The molecule has 1 nitrogen and oxygen atoms in total. The van der Waals surface area contributed by atoms with Crippen molar-refractivity contribution in [3.8, 4) is 0 Å². The quantitative estimate of drug-likeness (QED) is 0.629. The Bertz CT molecular complexity index is 221. The first-order valence-corrected chi connectivity index (χ1v) is 8.07. The normalized spacial score (nSPS) is 23.6. The van der Waals surface area contributed by atoms with E-state index in [0.29, 0.717) is 0 Å². The van der Waals surface area contributed by atoms with Crippen LogP contribution in [-0.4, -0.2) is 20.4 Å². The van der Waals surface area contributed by atoms with Gasteiger partial charge in [-0.1, -0.05) is 81.9 Å². The van der Waals surface area contributed by atoms with E-state index in [4.69, 9.17) is 4.74 Å². The van der Waals surface area contributed by atoms with Gasteiger partial charge in [-0.3, -0.25) is 0 Å². The molecule has 0 aliphatic heterocycles. The zero-order valence-corrected chi connectivity index (χ0v) is 12.1. The predicted molar refractivity (Wildman–Crippen MR) is 80.4 cm³/mol. The third kappa shape index (κ3) is 4.15. The molecule has 0 saturated heterocycles. The van der Waals surface area contributed by atoms with Crippen molar-refractivity contribution < 1.29 is 4.74 Å². The average molecular weight is 248 g/mol. The van der Waals surface area contributed by atoms with Gasteiger partial charge in [0.05, 0.1) is 6.61 Å². The number of hydrogen-bond acceptors (Lipinski definition) is 1. The summed E-state index contributed by atoms with van der Waals surface area (Å²) in [4.78, 5) is 0. The Morgan fingerprint density at radius 2 is 1.39 bits per heavy atom. The summed E-state index contributed by atoms with van der Waals surface area (Å²) < 4.78 is 5.18. The van der Waals surface area contributed by atoms with Crippen molar-refractivity contribution >= 4 is 6.71 Å². The van der Waals surface area contributed by atoms with Crippen molar-refractivity contribution in [3.63, 3.8) is 0 Å². The van der Waals surface area contributed by atoms with Crippen LogP contribution in [0.4, 0.5) is 0 Å². The lowest BCUT2D eigenvalue weighted by molar-refractivity contribution is 0.234. The highest BCUT2D eigenvalue weighted by Gasteiger charge is 2.32. The maximum absolute atomic E-state index is 5.18. The van der Waals surface area contributed by atoms with Crippen LogP contribution in [0.1, 0.15) is 64.2 Å². The van der Waals surface area contributed by atoms with E-state index < -0.39 is 0 Å². The Hall–Kier alpha value is -0.235. The zero-order chi connectivity index (χ0) is 12.6. The largest absolute Gasteiger partial charge is 0.381 e. The lowest BCUT2D eigenvalue weighted by Crippen LogP contribution is -2.28. The van der Waals surface area contributed by atoms with Crippen molar-refractivity contribution in [1.82, 2.24) is 0 Å². The van der Waals surface area contributed by atoms with Crippen LogP contribution in [-0.2, 0) is 4.74 Å². The van der Waals surface area contributed by atoms with E-state index in [1.807, 2.05) is 0 Å². The van der Waals surface area contributed by atoms with E-state index in [2.05, 4.69) is 12.1 Å². The second-order valence-electron chi connectivity index (χ2n) is 6.26. The van der Waals surface area contributed by atoms with Crippen LogP contribution in [0.2, 0.25) is 11.6 Å². The monoisotopic (exact) mass is 248 g/mol. The molecule has 0 unspecified atom stereocenters. The molecule has 2 aliphatic rings. The molecule has 0 bridgehead atoms. The van der Waals surface area contributed by atoms with Crippen molar-refractivity contribution in [2.75, 3.05) is 13.7 Å². The molecule has 0 N–H and O–H groups in total. The standard InChI is InChI=1S/C16H29BO/c1-18-14-8-13-17(15-9-4-2-5-10-15)16-11-6-3-7-12-16/h8,13,15-16H,2-7,9-12,14H2,1H3. The summed E-state index contributed by atoms with van der Waals surface area (Å²) in [5, 5.41) is 0. The maximum atomic E-state index is 5.18. The molecular weight excluding hydrogens is 219 g/mol. The van der Waals surface area contributed by atoms with Gasteiger partial charge in [0.25, 0.3) is 0 Å². The van der Waals surface area contributed by atoms with Crippen LogP contribution in [0.15, 0.2) is 12.1 Å². The molecule has 2 aliphatic carbocycles. The van der Waals surface area contributed by atoms with Crippen molar-refractivity contribution in [2.24, 2.45) is 0 Å². The number of rotatable bonds is 5. The van der Waals surface area contributed by atoms with Crippen molar-refractivity contribution in [3.05, 3.63) is 12.1 Å². The summed E-state index contributed by atoms with van der Waals surface area (Å²) in [7, 11) is 1.79. The third-order valence-electron chi connectivity index (χ3n) is 5.01. The Morgan fingerprint density at radius 3 is 1.83 bits per heavy atom. The van der Waals surface area contributed by atoms with Gasteiger partial charge in [0.2, 0.25) is 0 Å². The second kappa shape index (κ2) is 8.04. The lowest BCUT2D eigenvalue weighted by Gasteiger charge is -2.34. The summed E-state index contributed by atoms with van der Waals surface area (Å²) in [6.07, 6.45) is 16.9. The van der Waals surface area contributed by atoms with Gasteiger partial charge in [0.15, 0.2) is 6.71 Å². The molecule has 0 radical (unpaired) electrons. The number of hydrogen-bond donors (Lipinski definition) is 0. The topological polar surface area (TPSA) is 9.23 Å². The third-order valence-corrected chi connectivity index (χ3v) is 5.01. The average Bonchev–Trinajstić information content (AvgIpc) is 2.46. The van der Waals surface area contributed by atoms with E-state index in [1.54, 1.807) is 7.11 Å². The Kier molecular flexibility index (Phi) is 6.33. The molecule has 2 heteroatoms. The first-order valence-electron chi connectivity index (χ1n) is 8.07.